The first-order valence-corrected chi connectivity index (χ1v) is 7.04. The van der Waals surface area contributed by atoms with Gasteiger partial charge in [-0.2, -0.15) is 0 Å². The van der Waals surface area contributed by atoms with E-state index in [0.29, 0.717) is 32.9 Å². The Bertz CT molecular complexity index is 601. The van der Waals surface area contributed by atoms with E-state index in [9.17, 15) is 4.79 Å². The van der Waals surface area contributed by atoms with E-state index in [1.807, 2.05) is 35.8 Å². The van der Waals surface area contributed by atoms with Gasteiger partial charge in [0.2, 0.25) is 0 Å². The molecule has 0 saturated heterocycles. The van der Waals surface area contributed by atoms with Gasteiger partial charge in [-0.1, -0.05) is 12.1 Å². The van der Waals surface area contributed by atoms with E-state index in [2.05, 4.69) is 0 Å². The molecule has 2 rings (SSSR count). The molecule has 110 valence electrons. The van der Waals surface area contributed by atoms with Gasteiger partial charge in [0.25, 0.3) is 0 Å². The van der Waals surface area contributed by atoms with Crippen LogP contribution in [-0.2, 0) is 22.6 Å². The lowest BCUT2D eigenvalue weighted by Gasteiger charge is -2.05. The number of fused-ring (bicyclic) bond motifs is 1. The molecule has 0 fully saturated rings. The molecule has 0 amide bonds. The Morgan fingerprint density at radius 1 is 1.05 bits per heavy atom. The van der Waals surface area contributed by atoms with Crippen molar-refractivity contribution in [3.63, 3.8) is 0 Å². The highest BCUT2D eigenvalue weighted by molar-refractivity contribution is 5.75. The standard InChI is InChI=1S/C15H22N2O3/c1-3-16-13-7-4-5-8-14(13)17(15(16)18)9-6-10-20-12-11-19-2/h4-5,7-8H,3,6,9-12H2,1-2H3. The number of aromatic nitrogens is 2. The Hall–Kier alpha value is -1.59. The molecule has 2 aromatic rings. The summed E-state index contributed by atoms with van der Waals surface area (Å²) in [5.74, 6) is 0. The highest BCUT2D eigenvalue weighted by Crippen LogP contribution is 2.12. The molecule has 0 atom stereocenters. The van der Waals surface area contributed by atoms with E-state index in [0.717, 1.165) is 17.5 Å². The zero-order chi connectivity index (χ0) is 14.4. The van der Waals surface area contributed by atoms with Crippen molar-refractivity contribution in [2.75, 3.05) is 26.9 Å². The van der Waals surface area contributed by atoms with Crippen molar-refractivity contribution >= 4 is 11.0 Å². The second-order valence-electron chi connectivity index (χ2n) is 4.63. The number of hydrogen-bond donors (Lipinski definition) is 0. The second kappa shape index (κ2) is 7.26. The second-order valence-corrected chi connectivity index (χ2v) is 4.63. The molecule has 1 aromatic carbocycles. The van der Waals surface area contributed by atoms with E-state index in [4.69, 9.17) is 9.47 Å². The van der Waals surface area contributed by atoms with Crippen molar-refractivity contribution in [2.45, 2.75) is 26.4 Å². The molecule has 0 aliphatic rings. The topological polar surface area (TPSA) is 45.4 Å². The molecule has 0 bridgehead atoms. The van der Waals surface area contributed by atoms with Crippen molar-refractivity contribution in [1.82, 2.24) is 9.13 Å². The first kappa shape index (κ1) is 14.8. The van der Waals surface area contributed by atoms with Crippen LogP contribution in [0.5, 0.6) is 0 Å². The summed E-state index contributed by atoms with van der Waals surface area (Å²) in [6.45, 7) is 5.21. The SMILES string of the molecule is CCn1c(=O)n(CCCOCCOC)c2ccccc21. The van der Waals surface area contributed by atoms with Crippen molar-refractivity contribution in [3.8, 4) is 0 Å². The highest BCUT2D eigenvalue weighted by atomic mass is 16.5. The van der Waals surface area contributed by atoms with Crippen LogP contribution >= 0.6 is 0 Å². The maximum atomic E-state index is 12.4. The van der Waals surface area contributed by atoms with Crippen LogP contribution in [0, 0.1) is 0 Å². The molecular weight excluding hydrogens is 256 g/mol. The fraction of sp³-hybridized carbons (Fsp3) is 0.533. The largest absolute Gasteiger partial charge is 0.382 e. The summed E-state index contributed by atoms with van der Waals surface area (Å²) in [6.07, 6.45) is 0.821. The Kier molecular flexibility index (Phi) is 5.38. The lowest BCUT2D eigenvalue weighted by molar-refractivity contribution is 0.0680. The zero-order valence-corrected chi connectivity index (χ0v) is 12.2. The third-order valence-electron chi connectivity index (χ3n) is 3.34. The van der Waals surface area contributed by atoms with Crippen molar-refractivity contribution in [3.05, 3.63) is 34.7 Å². The van der Waals surface area contributed by atoms with Crippen LogP contribution in [0.15, 0.2) is 29.1 Å². The number of hydrogen-bond acceptors (Lipinski definition) is 3. The maximum absolute atomic E-state index is 12.4. The van der Waals surface area contributed by atoms with Gasteiger partial charge in [0.15, 0.2) is 0 Å². The average molecular weight is 278 g/mol. The van der Waals surface area contributed by atoms with Crippen LogP contribution in [0.1, 0.15) is 13.3 Å². The van der Waals surface area contributed by atoms with Crippen LogP contribution in [0.3, 0.4) is 0 Å². The summed E-state index contributed by atoms with van der Waals surface area (Å²) >= 11 is 0. The Morgan fingerprint density at radius 3 is 2.40 bits per heavy atom. The minimum Gasteiger partial charge on any atom is -0.382 e. The molecule has 1 aromatic heterocycles. The molecule has 20 heavy (non-hydrogen) atoms. The van der Waals surface area contributed by atoms with Gasteiger partial charge in [-0.15, -0.1) is 0 Å². The third-order valence-corrected chi connectivity index (χ3v) is 3.34. The fourth-order valence-corrected chi connectivity index (χ4v) is 2.36. The lowest BCUT2D eigenvalue weighted by atomic mass is 10.3. The van der Waals surface area contributed by atoms with E-state index >= 15 is 0 Å². The van der Waals surface area contributed by atoms with Gasteiger partial charge >= 0.3 is 5.69 Å². The molecule has 5 heteroatoms. The Labute approximate surface area is 118 Å². The summed E-state index contributed by atoms with van der Waals surface area (Å²) in [4.78, 5) is 12.4. The van der Waals surface area contributed by atoms with Crippen LogP contribution in [0.2, 0.25) is 0 Å². The molecule has 0 radical (unpaired) electrons. The summed E-state index contributed by atoms with van der Waals surface area (Å²) in [5, 5.41) is 0. The Balaban J connectivity index is 2.06. The number of para-hydroxylation sites is 2. The van der Waals surface area contributed by atoms with E-state index < -0.39 is 0 Å². The molecule has 1 heterocycles. The monoisotopic (exact) mass is 278 g/mol. The highest BCUT2D eigenvalue weighted by Gasteiger charge is 2.10. The number of ether oxygens (including phenoxy) is 2. The van der Waals surface area contributed by atoms with Crippen molar-refractivity contribution in [1.29, 1.82) is 0 Å². The first-order valence-electron chi connectivity index (χ1n) is 7.04. The maximum Gasteiger partial charge on any atom is 0.329 e. The minimum absolute atomic E-state index is 0.0607. The predicted octanol–water partition coefficient (Wildman–Crippen LogP) is 1.88. The van der Waals surface area contributed by atoms with E-state index in [1.165, 1.54) is 0 Å². The van der Waals surface area contributed by atoms with Crippen LogP contribution in [0.4, 0.5) is 0 Å². The van der Waals surface area contributed by atoms with Crippen LogP contribution in [-0.4, -0.2) is 36.1 Å². The molecule has 0 spiro atoms. The number of aryl methyl sites for hydroxylation is 2. The normalized spacial score (nSPS) is 11.3. The summed E-state index contributed by atoms with van der Waals surface area (Å²) in [6, 6.07) is 7.92. The number of nitrogens with zero attached hydrogens (tertiary/aromatic N) is 2. The quantitative estimate of drug-likeness (QED) is 0.693. The van der Waals surface area contributed by atoms with E-state index in [1.54, 1.807) is 11.7 Å². The lowest BCUT2D eigenvalue weighted by Crippen LogP contribution is -2.24. The van der Waals surface area contributed by atoms with E-state index in [-0.39, 0.29) is 5.69 Å². The number of methoxy groups -OCH3 is 1. The van der Waals surface area contributed by atoms with Gasteiger partial charge in [0.1, 0.15) is 0 Å². The summed E-state index contributed by atoms with van der Waals surface area (Å²) < 4.78 is 14.0. The van der Waals surface area contributed by atoms with Crippen LogP contribution in [0.25, 0.3) is 11.0 Å². The number of rotatable bonds is 8. The molecule has 0 unspecified atom stereocenters. The van der Waals surface area contributed by atoms with Gasteiger partial charge in [-0.3, -0.25) is 9.13 Å². The van der Waals surface area contributed by atoms with Crippen molar-refractivity contribution in [2.24, 2.45) is 0 Å². The average Bonchev–Trinajstić information content (AvgIpc) is 2.74. The summed E-state index contributed by atoms with van der Waals surface area (Å²) in [5.41, 5.74) is 2.06. The molecule has 0 N–H and O–H groups in total. The van der Waals surface area contributed by atoms with Crippen LogP contribution < -0.4 is 5.69 Å². The smallest absolute Gasteiger partial charge is 0.329 e. The predicted molar refractivity (Wildman–Crippen MR) is 79.2 cm³/mol. The van der Waals surface area contributed by atoms with Gasteiger partial charge in [-0.05, 0) is 25.5 Å². The molecule has 0 aliphatic carbocycles. The van der Waals surface area contributed by atoms with Gasteiger partial charge in [0, 0.05) is 26.8 Å². The molecule has 0 saturated carbocycles. The summed E-state index contributed by atoms with van der Waals surface area (Å²) in [7, 11) is 1.66. The number of benzene rings is 1. The molecular formula is C15H22N2O3. The number of imidazole rings is 1. The molecule has 5 nitrogen and oxygen atoms in total. The fourth-order valence-electron chi connectivity index (χ4n) is 2.36. The van der Waals surface area contributed by atoms with Gasteiger partial charge in [-0.25, -0.2) is 4.79 Å². The third kappa shape index (κ3) is 3.11. The van der Waals surface area contributed by atoms with Crippen molar-refractivity contribution < 1.29 is 9.47 Å². The van der Waals surface area contributed by atoms with Gasteiger partial charge < -0.3 is 9.47 Å². The Morgan fingerprint density at radius 2 is 1.75 bits per heavy atom. The van der Waals surface area contributed by atoms with Gasteiger partial charge in [0.05, 0.1) is 24.2 Å². The zero-order valence-electron chi connectivity index (χ0n) is 12.2. The minimum atomic E-state index is 0.0607. The molecule has 0 aliphatic heterocycles. The first-order chi connectivity index (χ1) is 9.79.